The number of ether oxygens (including phenoxy) is 1. The zero-order valence-electron chi connectivity index (χ0n) is 9.27. The number of carbonyl (C=O) groups excluding carboxylic acids is 1. The smallest absolute Gasteiger partial charge is 0.376 e. The number of rotatable bonds is 5. The minimum Gasteiger partial charge on any atom is -0.463 e. The molecule has 0 saturated heterocycles. The maximum absolute atomic E-state index is 11.3. The average molecular weight is 242 g/mol. The van der Waals surface area contributed by atoms with Gasteiger partial charge in [-0.3, -0.25) is 0 Å². The van der Waals surface area contributed by atoms with E-state index in [1.807, 2.05) is 0 Å². The molecule has 0 spiro atoms. The van der Waals surface area contributed by atoms with Crippen molar-refractivity contribution in [1.82, 2.24) is 9.97 Å². The molecule has 16 heavy (non-hydrogen) atoms. The fraction of sp³-hybridized carbons (Fsp3) is 0.500. The summed E-state index contributed by atoms with van der Waals surface area (Å²) in [6, 6.07) is 1.80. The normalized spacial score (nSPS) is 10.2. The number of nitrogens with zero attached hydrogens (tertiary/aromatic N) is 2. The van der Waals surface area contributed by atoms with Crippen LogP contribution in [0, 0.1) is 6.92 Å². The van der Waals surface area contributed by atoms with Crippen LogP contribution in [0.3, 0.4) is 0 Å². The molecule has 5 nitrogen and oxygen atoms in total. The first-order valence-corrected chi connectivity index (χ1v) is 5.83. The van der Waals surface area contributed by atoms with E-state index in [1.165, 1.54) is 18.9 Å². The van der Waals surface area contributed by atoms with E-state index < -0.39 is 5.97 Å². The summed E-state index contributed by atoms with van der Waals surface area (Å²) in [5, 5.41) is 9.38. The topological polar surface area (TPSA) is 72.3 Å². The molecule has 0 atom stereocenters. The highest BCUT2D eigenvalue weighted by atomic mass is 32.2. The number of hydrogen-bond acceptors (Lipinski definition) is 6. The average Bonchev–Trinajstić information content (AvgIpc) is 2.27. The van der Waals surface area contributed by atoms with E-state index in [2.05, 4.69) is 14.7 Å². The monoisotopic (exact) mass is 242 g/mol. The zero-order valence-corrected chi connectivity index (χ0v) is 10.1. The van der Waals surface area contributed by atoms with Crippen molar-refractivity contribution in [2.45, 2.75) is 18.4 Å². The van der Waals surface area contributed by atoms with Crippen molar-refractivity contribution in [2.75, 3.05) is 19.5 Å². The molecule has 1 heterocycles. The molecule has 0 aliphatic rings. The molecule has 0 fully saturated rings. The Labute approximate surface area is 98.3 Å². The van der Waals surface area contributed by atoms with Crippen molar-refractivity contribution in [1.29, 1.82) is 0 Å². The largest absolute Gasteiger partial charge is 0.463 e. The first-order chi connectivity index (χ1) is 7.67. The number of thioether (sulfide) groups is 1. The van der Waals surface area contributed by atoms with E-state index >= 15 is 0 Å². The number of hydrogen-bond donors (Lipinski definition) is 1. The summed E-state index contributed by atoms with van der Waals surface area (Å²) in [5.41, 5.74) is 0.724. The lowest BCUT2D eigenvalue weighted by Crippen LogP contribution is -2.09. The highest BCUT2D eigenvalue weighted by molar-refractivity contribution is 7.99. The van der Waals surface area contributed by atoms with Crippen molar-refractivity contribution in [3.63, 3.8) is 0 Å². The molecule has 6 heteroatoms. The van der Waals surface area contributed by atoms with Gasteiger partial charge in [-0.1, -0.05) is 0 Å². The Kier molecular flexibility index (Phi) is 5.21. The predicted molar refractivity (Wildman–Crippen MR) is 60.5 cm³/mol. The summed E-state index contributed by atoms with van der Waals surface area (Å²) >= 11 is 1.48. The highest BCUT2D eigenvalue weighted by Crippen LogP contribution is 2.17. The number of aryl methyl sites for hydroxylation is 1. The Morgan fingerprint density at radius 1 is 1.56 bits per heavy atom. The minimum atomic E-state index is -0.535. The molecule has 88 valence electrons. The number of aliphatic hydroxyl groups is 1. The van der Waals surface area contributed by atoms with E-state index in [0.29, 0.717) is 6.42 Å². The fourth-order valence-corrected chi connectivity index (χ4v) is 1.92. The second-order valence-corrected chi connectivity index (χ2v) is 4.20. The molecule has 0 radical (unpaired) electrons. The van der Waals surface area contributed by atoms with Gasteiger partial charge in [-0.2, -0.15) is 0 Å². The van der Waals surface area contributed by atoms with Crippen LogP contribution in [-0.4, -0.2) is 40.5 Å². The van der Waals surface area contributed by atoms with Gasteiger partial charge < -0.3 is 9.84 Å². The van der Waals surface area contributed by atoms with Crippen molar-refractivity contribution >= 4 is 17.7 Å². The van der Waals surface area contributed by atoms with Gasteiger partial charge in [0.2, 0.25) is 5.82 Å². The number of carbonyl (C=O) groups is 1. The molecular formula is C10H14N2O3S. The summed E-state index contributed by atoms with van der Waals surface area (Å²) < 4.78 is 4.56. The molecule has 1 N–H and O–H groups in total. The zero-order chi connectivity index (χ0) is 12.0. The number of aliphatic hydroxyl groups excluding tert-OH is 1. The molecule has 1 aromatic heterocycles. The van der Waals surface area contributed by atoms with Gasteiger partial charge >= 0.3 is 5.97 Å². The van der Waals surface area contributed by atoms with Crippen LogP contribution in [0.25, 0.3) is 0 Å². The fourth-order valence-electron chi connectivity index (χ4n) is 1.04. The van der Waals surface area contributed by atoms with E-state index in [1.54, 1.807) is 13.0 Å². The third kappa shape index (κ3) is 3.79. The Balaban J connectivity index is 2.77. The molecular weight excluding hydrogens is 228 g/mol. The predicted octanol–water partition coefficient (Wildman–Crippen LogP) is 1.05. The van der Waals surface area contributed by atoms with Gasteiger partial charge in [-0.25, -0.2) is 14.8 Å². The Hall–Kier alpha value is -1.14. The Morgan fingerprint density at radius 3 is 2.94 bits per heavy atom. The lowest BCUT2D eigenvalue weighted by molar-refractivity contribution is 0.0585. The van der Waals surface area contributed by atoms with Gasteiger partial charge in [-0.15, -0.1) is 11.8 Å². The third-order valence-corrected chi connectivity index (χ3v) is 2.75. The van der Waals surface area contributed by atoms with Gasteiger partial charge in [0.25, 0.3) is 0 Å². The van der Waals surface area contributed by atoms with Crippen molar-refractivity contribution < 1.29 is 14.6 Å². The second kappa shape index (κ2) is 6.44. The van der Waals surface area contributed by atoms with Gasteiger partial charge in [-0.05, 0) is 19.4 Å². The van der Waals surface area contributed by atoms with E-state index in [4.69, 9.17) is 5.11 Å². The van der Waals surface area contributed by atoms with Crippen molar-refractivity contribution in [2.24, 2.45) is 0 Å². The Morgan fingerprint density at radius 2 is 2.31 bits per heavy atom. The summed E-state index contributed by atoms with van der Waals surface area (Å²) in [5.74, 6) is 0.301. The quantitative estimate of drug-likeness (QED) is 0.360. The van der Waals surface area contributed by atoms with Crippen LogP contribution in [0.4, 0.5) is 0 Å². The third-order valence-electron chi connectivity index (χ3n) is 1.75. The summed E-state index contributed by atoms with van der Waals surface area (Å²) in [4.78, 5) is 19.3. The molecule has 1 aromatic rings. The minimum absolute atomic E-state index is 0.0778. The summed E-state index contributed by atoms with van der Waals surface area (Å²) in [6.45, 7) is 1.95. The Bertz CT molecular complexity index is 371. The van der Waals surface area contributed by atoms with Crippen LogP contribution in [0.5, 0.6) is 0 Å². The highest BCUT2D eigenvalue weighted by Gasteiger charge is 2.11. The molecule has 0 amide bonds. The summed E-state index contributed by atoms with van der Waals surface area (Å²) in [7, 11) is 1.30. The van der Waals surface area contributed by atoms with Crippen LogP contribution in [-0.2, 0) is 4.74 Å². The number of esters is 1. The van der Waals surface area contributed by atoms with Crippen LogP contribution >= 0.6 is 11.8 Å². The van der Waals surface area contributed by atoms with Gasteiger partial charge in [0.05, 0.1) is 7.11 Å². The molecule has 0 aliphatic heterocycles. The molecule has 0 bridgehead atoms. The SMILES string of the molecule is COC(=O)c1nc(C)cc(SCCCO)n1. The van der Waals surface area contributed by atoms with E-state index in [0.717, 1.165) is 16.5 Å². The van der Waals surface area contributed by atoms with Crippen LogP contribution in [0.1, 0.15) is 22.7 Å². The summed E-state index contributed by atoms with van der Waals surface area (Å²) in [6.07, 6.45) is 0.696. The first kappa shape index (κ1) is 12.9. The number of aromatic nitrogens is 2. The molecule has 0 unspecified atom stereocenters. The van der Waals surface area contributed by atoms with Crippen LogP contribution < -0.4 is 0 Å². The van der Waals surface area contributed by atoms with Gasteiger partial charge in [0.15, 0.2) is 0 Å². The molecule has 0 aliphatic carbocycles. The van der Waals surface area contributed by atoms with Gasteiger partial charge in [0.1, 0.15) is 5.03 Å². The maximum atomic E-state index is 11.3. The first-order valence-electron chi connectivity index (χ1n) is 4.85. The molecule has 1 rings (SSSR count). The second-order valence-electron chi connectivity index (χ2n) is 3.09. The van der Waals surface area contributed by atoms with Gasteiger partial charge in [0, 0.05) is 18.1 Å². The van der Waals surface area contributed by atoms with E-state index in [9.17, 15) is 4.79 Å². The van der Waals surface area contributed by atoms with Crippen LogP contribution in [0.15, 0.2) is 11.1 Å². The van der Waals surface area contributed by atoms with Crippen LogP contribution in [0.2, 0.25) is 0 Å². The van der Waals surface area contributed by atoms with E-state index in [-0.39, 0.29) is 12.4 Å². The lowest BCUT2D eigenvalue weighted by atomic mass is 10.4. The molecule has 0 saturated carbocycles. The lowest BCUT2D eigenvalue weighted by Gasteiger charge is -2.03. The maximum Gasteiger partial charge on any atom is 0.376 e. The van der Waals surface area contributed by atoms with Crippen molar-refractivity contribution in [3.05, 3.63) is 17.6 Å². The van der Waals surface area contributed by atoms with Crippen molar-refractivity contribution in [3.8, 4) is 0 Å². The standard InChI is InChI=1S/C10H14N2O3S/c1-7-6-8(16-5-3-4-13)12-9(11-7)10(14)15-2/h6,13H,3-5H2,1-2H3. The molecule has 0 aromatic carbocycles. The number of methoxy groups -OCH3 is 1.